The van der Waals surface area contributed by atoms with E-state index in [0.717, 1.165) is 52.5 Å². The Hall–Kier alpha value is -4.20. The fourth-order valence-corrected chi connectivity index (χ4v) is 6.14. The molecule has 1 spiro atoms. The van der Waals surface area contributed by atoms with Gasteiger partial charge in [-0.05, 0) is 73.9 Å². The number of benzene rings is 2. The minimum Gasteiger partial charge on any atom is -0.478 e. The minimum atomic E-state index is -0.962. The molecule has 38 heavy (non-hydrogen) atoms. The third-order valence-corrected chi connectivity index (χ3v) is 8.17. The Bertz CT molecular complexity index is 1570. The van der Waals surface area contributed by atoms with Gasteiger partial charge in [0.25, 0.3) is 5.91 Å². The summed E-state index contributed by atoms with van der Waals surface area (Å²) in [7, 11) is 0. The van der Waals surface area contributed by atoms with Crippen molar-refractivity contribution in [3.05, 3.63) is 77.2 Å². The fourth-order valence-electron chi connectivity index (χ4n) is 6.14. The Morgan fingerprint density at radius 1 is 1.05 bits per heavy atom. The van der Waals surface area contributed by atoms with Gasteiger partial charge in [-0.1, -0.05) is 24.3 Å². The largest absolute Gasteiger partial charge is 0.478 e. The number of nitrogens with zero attached hydrogens (tertiary/aromatic N) is 3. The molecular weight excluding hydrogens is 480 g/mol. The lowest BCUT2D eigenvalue weighted by Crippen LogP contribution is -2.46. The van der Waals surface area contributed by atoms with Crippen molar-refractivity contribution in [3.63, 3.8) is 0 Å². The van der Waals surface area contributed by atoms with Crippen LogP contribution in [0.3, 0.4) is 0 Å². The van der Waals surface area contributed by atoms with Crippen molar-refractivity contribution in [2.45, 2.75) is 45.6 Å². The van der Waals surface area contributed by atoms with E-state index in [4.69, 9.17) is 0 Å². The number of carboxylic acids is 1. The van der Waals surface area contributed by atoms with E-state index >= 15 is 0 Å². The Balaban J connectivity index is 1.20. The number of piperidine rings is 1. The normalized spacial score (nSPS) is 16.8. The molecule has 2 aromatic carbocycles. The Morgan fingerprint density at radius 2 is 1.79 bits per heavy atom. The van der Waals surface area contributed by atoms with Gasteiger partial charge in [-0.25, -0.2) is 4.79 Å². The highest BCUT2D eigenvalue weighted by Gasteiger charge is 2.43. The molecule has 4 aromatic rings. The van der Waals surface area contributed by atoms with Crippen LogP contribution in [0.25, 0.3) is 22.0 Å². The number of fused-ring (bicyclic) bond motifs is 2. The molecule has 8 heteroatoms. The van der Waals surface area contributed by atoms with Crippen molar-refractivity contribution in [3.8, 4) is 11.1 Å². The number of carbonyl (C=O) groups excluding carboxylic acids is 2. The molecule has 0 atom stereocenters. The second kappa shape index (κ2) is 8.97. The van der Waals surface area contributed by atoms with Gasteiger partial charge in [0.05, 0.1) is 11.8 Å². The maximum atomic E-state index is 13.5. The summed E-state index contributed by atoms with van der Waals surface area (Å²) in [4.78, 5) is 43.0. The highest BCUT2D eigenvalue weighted by Crippen LogP contribution is 2.44. The van der Waals surface area contributed by atoms with Crippen molar-refractivity contribution in [2.24, 2.45) is 5.41 Å². The van der Waals surface area contributed by atoms with Crippen LogP contribution >= 0.6 is 0 Å². The van der Waals surface area contributed by atoms with Crippen molar-refractivity contribution in [1.82, 2.24) is 19.7 Å². The number of ketones is 1. The van der Waals surface area contributed by atoms with Gasteiger partial charge >= 0.3 is 5.97 Å². The lowest BCUT2D eigenvalue weighted by molar-refractivity contribution is 0.0513. The predicted octanol–water partition coefficient (Wildman–Crippen LogP) is 5.36. The molecule has 1 amide bonds. The fraction of sp³-hybridized carbons (Fsp3) is 0.333. The molecule has 1 aliphatic carbocycles. The number of amides is 1. The van der Waals surface area contributed by atoms with Crippen LogP contribution in [-0.2, 0) is 6.42 Å². The van der Waals surface area contributed by atoms with E-state index in [9.17, 15) is 19.5 Å². The smallest absolute Gasteiger partial charge is 0.335 e. The van der Waals surface area contributed by atoms with Crippen LogP contribution < -0.4 is 0 Å². The van der Waals surface area contributed by atoms with Gasteiger partial charge in [0.1, 0.15) is 11.4 Å². The van der Waals surface area contributed by atoms with Gasteiger partial charge in [-0.3, -0.25) is 14.3 Å². The maximum Gasteiger partial charge on any atom is 0.335 e. The summed E-state index contributed by atoms with van der Waals surface area (Å²) < 4.78 is 1.84. The molecule has 2 aliphatic rings. The number of Topliss-reactive ketones (excluding diaryl/α,β-unsaturated/α-hetero) is 1. The van der Waals surface area contributed by atoms with Crippen LogP contribution in [0.15, 0.2) is 54.7 Å². The third-order valence-electron chi connectivity index (χ3n) is 8.17. The van der Waals surface area contributed by atoms with Crippen LogP contribution in [0.4, 0.5) is 0 Å². The molecule has 0 unspecified atom stereocenters. The molecule has 1 aliphatic heterocycles. The van der Waals surface area contributed by atoms with E-state index in [2.05, 4.69) is 10.1 Å². The molecule has 8 nitrogen and oxygen atoms in total. The first-order valence-corrected chi connectivity index (χ1v) is 13.1. The summed E-state index contributed by atoms with van der Waals surface area (Å²) in [5.41, 5.74) is 5.14. The van der Waals surface area contributed by atoms with Crippen LogP contribution in [0.1, 0.15) is 76.1 Å². The number of carbonyl (C=O) groups is 3. The second-order valence-electron chi connectivity index (χ2n) is 11.0. The second-order valence-corrected chi connectivity index (χ2v) is 11.0. The number of aromatic carboxylic acids is 1. The summed E-state index contributed by atoms with van der Waals surface area (Å²) in [6.07, 6.45) is 4.77. The van der Waals surface area contributed by atoms with Crippen LogP contribution in [-0.4, -0.2) is 55.5 Å². The summed E-state index contributed by atoms with van der Waals surface area (Å²) in [6.45, 7) is 5.30. The van der Waals surface area contributed by atoms with Crippen LogP contribution in [0.5, 0.6) is 0 Å². The molecule has 2 N–H and O–H groups in total. The van der Waals surface area contributed by atoms with E-state index in [-0.39, 0.29) is 28.7 Å². The van der Waals surface area contributed by atoms with Gasteiger partial charge in [0, 0.05) is 42.0 Å². The number of likely N-dealkylation sites (tertiary alicyclic amines) is 1. The highest BCUT2D eigenvalue weighted by atomic mass is 16.4. The SMILES string of the molecule is CC(C)n1ncc2c1C(=O)CC1(CCN(C(=O)c3cc4c(-c5ccc(C(=O)O)cc5)cccc4[nH]3)CC1)C2. The molecule has 0 radical (unpaired) electrons. The molecule has 2 aromatic heterocycles. The van der Waals surface area contributed by atoms with Crippen LogP contribution in [0, 0.1) is 5.41 Å². The molecule has 1 fully saturated rings. The molecule has 0 saturated carbocycles. The van der Waals surface area contributed by atoms with Crippen molar-refractivity contribution >= 4 is 28.6 Å². The van der Waals surface area contributed by atoms with Gasteiger partial charge in [-0.2, -0.15) is 5.10 Å². The average Bonchev–Trinajstić information content (AvgIpc) is 3.53. The van der Waals surface area contributed by atoms with E-state index < -0.39 is 5.97 Å². The van der Waals surface area contributed by atoms with Gasteiger partial charge < -0.3 is 15.0 Å². The van der Waals surface area contributed by atoms with Gasteiger partial charge in [-0.15, -0.1) is 0 Å². The maximum absolute atomic E-state index is 13.5. The number of H-pyrrole nitrogens is 1. The van der Waals surface area contributed by atoms with Crippen LogP contribution in [0.2, 0.25) is 0 Å². The van der Waals surface area contributed by atoms with Crippen molar-refractivity contribution in [2.75, 3.05) is 13.1 Å². The number of rotatable bonds is 4. The third kappa shape index (κ3) is 4.00. The number of nitrogens with one attached hydrogen (secondary N) is 1. The lowest BCUT2D eigenvalue weighted by atomic mass is 9.67. The molecule has 1 saturated heterocycles. The number of aromatic nitrogens is 3. The average molecular weight is 511 g/mol. The topological polar surface area (TPSA) is 108 Å². The minimum absolute atomic E-state index is 0.0429. The van der Waals surface area contributed by atoms with E-state index in [1.165, 1.54) is 0 Å². The highest BCUT2D eigenvalue weighted by molar-refractivity contribution is 6.03. The number of aromatic amines is 1. The first-order valence-electron chi connectivity index (χ1n) is 13.1. The van der Waals surface area contributed by atoms with E-state index in [0.29, 0.717) is 25.2 Å². The first-order chi connectivity index (χ1) is 18.2. The zero-order chi connectivity index (χ0) is 26.6. The van der Waals surface area contributed by atoms with Gasteiger partial charge in [0.15, 0.2) is 5.78 Å². The Kier molecular flexibility index (Phi) is 5.70. The first kappa shape index (κ1) is 24.2. The molecule has 6 rings (SSSR count). The monoisotopic (exact) mass is 510 g/mol. The Morgan fingerprint density at radius 3 is 2.47 bits per heavy atom. The quantitative estimate of drug-likeness (QED) is 0.384. The van der Waals surface area contributed by atoms with Crippen molar-refractivity contribution < 1.29 is 19.5 Å². The van der Waals surface area contributed by atoms with E-state index in [1.54, 1.807) is 24.3 Å². The molecule has 0 bridgehead atoms. The van der Waals surface area contributed by atoms with E-state index in [1.807, 2.05) is 53.9 Å². The number of hydrogen-bond acceptors (Lipinski definition) is 4. The molecular formula is C30H30N4O4. The molecule has 3 heterocycles. The number of carboxylic acid groups (broad SMARTS) is 1. The number of hydrogen-bond donors (Lipinski definition) is 2. The summed E-state index contributed by atoms with van der Waals surface area (Å²) >= 11 is 0. The zero-order valence-electron chi connectivity index (χ0n) is 21.5. The summed E-state index contributed by atoms with van der Waals surface area (Å²) in [6, 6.07) is 14.6. The van der Waals surface area contributed by atoms with Gasteiger partial charge in [0.2, 0.25) is 0 Å². The standard InChI is InChI=1S/C30H30N4O4/c1-18(2)34-27-21(17-31-34)15-30(16-26(27)35)10-12-33(13-11-30)28(36)25-14-23-22(4-3-5-24(23)32-25)19-6-8-20(9-7-19)29(37)38/h3-9,14,17-18,32H,10-13,15-16H2,1-2H3,(H,37,38). The Labute approximate surface area is 220 Å². The predicted molar refractivity (Wildman–Crippen MR) is 144 cm³/mol. The molecule has 194 valence electrons. The van der Waals surface area contributed by atoms with Crippen molar-refractivity contribution in [1.29, 1.82) is 0 Å². The summed E-state index contributed by atoms with van der Waals surface area (Å²) in [5.74, 6) is -0.841. The lowest BCUT2D eigenvalue weighted by Gasteiger charge is -2.43. The summed E-state index contributed by atoms with van der Waals surface area (Å²) in [5, 5.41) is 14.6. The zero-order valence-corrected chi connectivity index (χ0v) is 21.5.